The van der Waals surface area contributed by atoms with Crippen molar-refractivity contribution in [3.63, 3.8) is 0 Å². The summed E-state index contributed by atoms with van der Waals surface area (Å²) in [6, 6.07) is 10.6. The highest BCUT2D eigenvalue weighted by atomic mass is 15.2. The van der Waals surface area contributed by atoms with E-state index < -0.39 is 0 Å². The van der Waals surface area contributed by atoms with Gasteiger partial charge in [0.2, 0.25) is 0 Å². The number of nitrogens with zero attached hydrogens (tertiary/aromatic N) is 3. The van der Waals surface area contributed by atoms with E-state index in [2.05, 4.69) is 34.1 Å². The van der Waals surface area contributed by atoms with E-state index in [0.717, 1.165) is 25.3 Å². The minimum Gasteiger partial charge on any atom is -0.336 e. The summed E-state index contributed by atoms with van der Waals surface area (Å²) in [6.07, 6.45) is 1.86. The molecule has 1 aliphatic rings. The SMILES string of the molecule is Cn1cnc2c1[C@H](N)CN(Cc1ccccc1)C2. The van der Waals surface area contributed by atoms with Crippen molar-refractivity contribution in [2.75, 3.05) is 6.54 Å². The first-order chi connectivity index (χ1) is 8.74. The molecule has 0 aliphatic carbocycles. The standard InChI is InChI=1S/C14H18N4/c1-17-10-16-13-9-18(8-12(15)14(13)17)7-11-5-3-2-4-6-11/h2-6,10,12H,7-9,15H2,1H3/t12-/m1/s1. The number of hydrogen-bond acceptors (Lipinski definition) is 3. The Morgan fingerprint density at radius 2 is 2.11 bits per heavy atom. The Morgan fingerprint density at radius 1 is 1.33 bits per heavy atom. The molecule has 2 N–H and O–H groups in total. The summed E-state index contributed by atoms with van der Waals surface area (Å²) >= 11 is 0. The molecular formula is C14H18N4. The molecule has 94 valence electrons. The molecule has 0 radical (unpaired) electrons. The second-order valence-electron chi connectivity index (χ2n) is 4.95. The first kappa shape index (κ1) is 11.4. The third-order valence-electron chi connectivity index (χ3n) is 3.49. The zero-order valence-electron chi connectivity index (χ0n) is 10.6. The van der Waals surface area contributed by atoms with Crippen LogP contribution in [-0.2, 0) is 20.1 Å². The summed E-state index contributed by atoms with van der Waals surface area (Å²) in [5.74, 6) is 0. The molecule has 18 heavy (non-hydrogen) atoms. The van der Waals surface area contributed by atoms with Crippen molar-refractivity contribution in [1.29, 1.82) is 0 Å². The van der Waals surface area contributed by atoms with E-state index in [1.807, 2.05) is 24.0 Å². The first-order valence-electron chi connectivity index (χ1n) is 6.26. The molecule has 0 amide bonds. The summed E-state index contributed by atoms with van der Waals surface area (Å²) in [4.78, 5) is 6.80. The van der Waals surface area contributed by atoms with Crippen LogP contribution in [0, 0.1) is 0 Å². The third kappa shape index (κ3) is 2.05. The Balaban J connectivity index is 1.78. The van der Waals surface area contributed by atoms with Crippen LogP contribution >= 0.6 is 0 Å². The zero-order valence-corrected chi connectivity index (χ0v) is 10.6. The van der Waals surface area contributed by atoms with Crippen LogP contribution in [0.4, 0.5) is 0 Å². The van der Waals surface area contributed by atoms with Crippen LogP contribution in [0.5, 0.6) is 0 Å². The highest BCUT2D eigenvalue weighted by Crippen LogP contribution is 2.24. The van der Waals surface area contributed by atoms with Crippen molar-refractivity contribution in [3.05, 3.63) is 53.6 Å². The van der Waals surface area contributed by atoms with Crippen molar-refractivity contribution in [1.82, 2.24) is 14.5 Å². The van der Waals surface area contributed by atoms with E-state index in [1.54, 1.807) is 0 Å². The molecule has 2 aromatic rings. The van der Waals surface area contributed by atoms with Gasteiger partial charge >= 0.3 is 0 Å². The summed E-state index contributed by atoms with van der Waals surface area (Å²) < 4.78 is 2.04. The number of aromatic nitrogens is 2. The van der Waals surface area contributed by atoms with Crippen LogP contribution in [0.1, 0.15) is 23.0 Å². The van der Waals surface area contributed by atoms with Gasteiger partial charge in [0.05, 0.1) is 23.8 Å². The van der Waals surface area contributed by atoms with Crippen LogP contribution in [0.15, 0.2) is 36.7 Å². The van der Waals surface area contributed by atoms with E-state index >= 15 is 0 Å². The molecule has 1 atom stereocenters. The molecule has 0 fully saturated rings. The summed E-state index contributed by atoms with van der Waals surface area (Å²) in [7, 11) is 2.01. The van der Waals surface area contributed by atoms with E-state index in [-0.39, 0.29) is 6.04 Å². The Labute approximate surface area is 107 Å². The average molecular weight is 242 g/mol. The smallest absolute Gasteiger partial charge is 0.0950 e. The Morgan fingerprint density at radius 3 is 2.89 bits per heavy atom. The minimum atomic E-state index is 0.0602. The number of hydrogen-bond donors (Lipinski definition) is 1. The van der Waals surface area contributed by atoms with Crippen molar-refractivity contribution < 1.29 is 0 Å². The molecule has 0 spiro atoms. The third-order valence-corrected chi connectivity index (χ3v) is 3.49. The fourth-order valence-electron chi connectivity index (χ4n) is 2.69. The maximum atomic E-state index is 6.23. The van der Waals surface area contributed by atoms with Crippen LogP contribution < -0.4 is 5.73 Å². The number of aryl methyl sites for hydroxylation is 1. The summed E-state index contributed by atoms with van der Waals surface area (Å²) in [5.41, 5.74) is 9.85. The lowest BCUT2D eigenvalue weighted by molar-refractivity contribution is 0.217. The van der Waals surface area contributed by atoms with Gasteiger partial charge in [-0.1, -0.05) is 30.3 Å². The van der Waals surface area contributed by atoms with Crippen molar-refractivity contribution in [2.24, 2.45) is 12.8 Å². The molecule has 2 heterocycles. The van der Waals surface area contributed by atoms with E-state index in [1.165, 1.54) is 11.3 Å². The van der Waals surface area contributed by atoms with Crippen molar-refractivity contribution in [2.45, 2.75) is 19.1 Å². The van der Waals surface area contributed by atoms with E-state index in [0.29, 0.717) is 0 Å². The molecule has 1 aromatic carbocycles. The Kier molecular flexibility index (Phi) is 2.89. The minimum absolute atomic E-state index is 0.0602. The molecule has 1 aliphatic heterocycles. The van der Waals surface area contributed by atoms with Gasteiger partial charge in [-0.3, -0.25) is 4.90 Å². The zero-order chi connectivity index (χ0) is 12.5. The molecule has 0 saturated carbocycles. The lowest BCUT2D eigenvalue weighted by Gasteiger charge is -2.30. The van der Waals surface area contributed by atoms with Gasteiger partial charge < -0.3 is 10.3 Å². The molecular weight excluding hydrogens is 224 g/mol. The van der Waals surface area contributed by atoms with Crippen LogP contribution in [0.2, 0.25) is 0 Å². The van der Waals surface area contributed by atoms with Crippen molar-refractivity contribution in [3.8, 4) is 0 Å². The second kappa shape index (κ2) is 4.55. The predicted molar refractivity (Wildman–Crippen MR) is 70.7 cm³/mol. The second-order valence-corrected chi connectivity index (χ2v) is 4.95. The van der Waals surface area contributed by atoms with Crippen molar-refractivity contribution >= 4 is 0 Å². The highest BCUT2D eigenvalue weighted by molar-refractivity contribution is 5.21. The highest BCUT2D eigenvalue weighted by Gasteiger charge is 2.26. The normalized spacial score (nSPS) is 19.8. The molecule has 4 heteroatoms. The summed E-state index contributed by atoms with van der Waals surface area (Å²) in [5, 5.41) is 0. The molecule has 0 bridgehead atoms. The summed E-state index contributed by atoms with van der Waals surface area (Å²) in [6.45, 7) is 2.71. The lowest BCUT2D eigenvalue weighted by atomic mass is 10.1. The van der Waals surface area contributed by atoms with E-state index in [9.17, 15) is 0 Å². The van der Waals surface area contributed by atoms with Gasteiger partial charge in [-0.2, -0.15) is 0 Å². The van der Waals surface area contributed by atoms with Crippen LogP contribution in [0.3, 0.4) is 0 Å². The van der Waals surface area contributed by atoms with Gasteiger partial charge in [0, 0.05) is 26.7 Å². The van der Waals surface area contributed by atoms with Gasteiger partial charge in [0.15, 0.2) is 0 Å². The average Bonchev–Trinajstić information content (AvgIpc) is 2.72. The molecule has 1 aromatic heterocycles. The largest absolute Gasteiger partial charge is 0.336 e. The Hall–Kier alpha value is -1.65. The van der Waals surface area contributed by atoms with Gasteiger partial charge in [-0.25, -0.2) is 4.98 Å². The van der Waals surface area contributed by atoms with Gasteiger partial charge in [-0.15, -0.1) is 0 Å². The number of nitrogens with two attached hydrogens (primary N) is 1. The molecule has 3 rings (SSSR count). The van der Waals surface area contributed by atoms with Gasteiger partial charge in [-0.05, 0) is 5.56 Å². The van der Waals surface area contributed by atoms with Crippen LogP contribution in [-0.4, -0.2) is 21.0 Å². The maximum Gasteiger partial charge on any atom is 0.0950 e. The Bertz CT molecular complexity index is 532. The number of fused-ring (bicyclic) bond motifs is 1. The number of benzene rings is 1. The molecule has 0 unspecified atom stereocenters. The monoisotopic (exact) mass is 242 g/mol. The quantitative estimate of drug-likeness (QED) is 0.866. The van der Waals surface area contributed by atoms with E-state index in [4.69, 9.17) is 5.73 Å². The first-order valence-corrected chi connectivity index (χ1v) is 6.26. The lowest BCUT2D eigenvalue weighted by Crippen LogP contribution is -2.37. The fourth-order valence-corrected chi connectivity index (χ4v) is 2.69. The fraction of sp³-hybridized carbons (Fsp3) is 0.357. The molecule has 0 saturated heterocycles. The van der Waals surface area contributed by atoms with Gasteiger partial charge in [0.25, 0.3) is 0 Å². The number of rotatable bonds is 2. The predicted octanol–water partition coefficient (Wildman–Crippen LogP) is 1.44. The topological polar surface area (TPSA) is 47.1 Å². The molecule has 4 nitrogen and oxygen atoms in total. The van der Waals surface area contributed by atoms with Gasteiger partial charge in [0.1, 0.15) is 0 Å². The number of imidazole rings is 1. The maximum absolute atomic E-state index is 6.23. The van der Waals surface area contributed by atoms with Crippen LogP contribution in [0.25, 0.3) is 0 Å².